The molecule has 0 aliphatic heterocycles. The Morgan fingerprint density at radius 1 is 1.44 bits per heavy atom. The highest BCUT2D eigenvalue weighted by atomic mass is 32.2. The summed E-state index contributed by atoms with van der Waals surface area (Å²) in [6.07, 6.45) is -2.20. The number of alkyl halides is 3. The summed E-state index contributed by atoms with van der Waals surface area (Å²) in [6.45, 7) is 2.27. The number of aromatic nitrogens is 1. The van der Waals surface area contributed by atoms with Crippen LogP contribution in [0, 0.1) is 0 Å². The number of halogens is 3. The number of thioether (sulfide) groups is 1. The van der Waals surface area contributed by atoms with Crippen molar-refractivity contribution in [3.63, 3.8) is 0 Å². The average molecular weight is 296 g/mol. The fourth-order valence-electron chi connectivity index (χ4n) is 1.52. The fraction of sp³-hybridized carbons (Fsp3) is 0.727. The quantitative estimate of drug-likeness (QED) is 0.867. The Labute approximate surface area is 112 Å². The summed E-state index contributed by atoms with van der Waals surface area (Å²) in [6, 6.07) is 0.404. The maximum Gasteiger partial charge on any atom is 0.434 e. The van der Waals surface area contributed by atoms with Crippen LogP contribution in [0.5, 0.6) is 0 Å². The molecule has 1 fully saturated rings. The van der Waals surface area contributed by atoms with Crippen molar-refractivity contribution in [3.05, 3.63) is 15.6 Å². The fourth-order valence-corrected chi connectivity index (χ4v) is 3.28. The predicted molar refractivity (Wildman–Crippen MR) is 68.8 cm³/mol. The number of nitrogens with zero attached hydrogens (tertiary/aromatic N) is 1. The molecule has 2 nitrogen and oxygen atoms in total. The first-order chi connectivity index (χ1) is 8.50. The molecule has 0 spiro atoms. The molecular weight excluding hydrogens is 281 g/mol. The van der Waals surface area contributed by atoms with Crippen LogP contribution in [0.4, 0.5) is 13.2 Å². The van der Waals surface area contributed by atoms with Crippen molar-refractivity contribution in [3.8, 4) is 0 Å². The van der Waals surface area contributed by atoms with Crippen molar-refractivity contribution in [1.29, 1.82) is 0 Å². The van der Waals surface area contributed by atoms with Crippen LogP contribution in [-0.4, -0.2) is 16.8 Å². The smallest absolute Gasteiger partial charge is 0.309 e. The van der Waals surface area contributed by atoms with Crippen molar-refractivity contribution in [1.82, 2.24) is 10.3 Å². The number of hydrogen-bond acceptors (Lipinski definition) is 4. The highest BCUT2D eigenvalue weighted by molar-refractivity contribution is 7.98. The summed E-state index contributed by atoms with van der Waals surface area (Å²) in [5.74, 6) is 1.45. The first kappa shape index (κ1) is 14.1. The third kappa shape index (κ3) is 3.86. The molecule has 0 saturated heterocycles. The Kier molecular flexibility index (Phi) is 4.55. The maximum absolute atomic E-state index is 12.8. The summed E-state index contributed by atoms with van der Waals surface area (Å²) in [5.41, 5.74) is -0.702. The minimum Gasteiger partial charge on any atom is -0.309 e. The van der Waals surface area contributed by atoms with Gasteiger partial charge in [-0.2, -0.15) is 24.9 Å². The summed E-state index contributed by atoms with van der Waals surface area (Å²) < 4.78 is 38.5. The molecule has 0 bridgehead atoms. The van der Waals surface area contributed by atoms with Crippen LogP contribution in [0.15, 0.2) is 0 Å². The maximum atomic E-state index is 12.8. The Bertz CT molecular complexity index is 399. The topological polar surface area (TPSA) is 24.9 Å². The van der Waals surface area contributed by atoms with E-state index in [-0.39, 0.29) is 6.54 Å². The van der Waals surface area contributed by atoms with E-state index >= 15 is 0 Å². The van der Waals surface area contributed by atoms with Gasteiger partial charge >= 0.3 is 6.18 Å². The molecule has 0 atom stereocenters. The summed E-state index contributed by atoms with van der Waals surface area (Å²) in [4.78, 5) is 4.07. The molecule has 1 aliphatic carbocycles. The monoisotopic (exact) mass is 296 g/mol. The molecule has 1 aromatic rings. The van der Waals surface area contributed by atoms with Crippen LogP contribution in [0.25, 0.3) is 0 Å². The van der Waals surface area contributed by atoms with Crippen LogP contribution >= 0.6 is 23.1 Å². The lowest BCUT2D eigenvalue weighted by Gasteiger charge is -2.06. The van der Waals surface area contributed by atoms with Gasteiger partial charge in [0.15, 0.2) is 5.69 Å². The lowest BCUT2D eigenvalue weighted by Crippen LogP contribution is -2.18. The summed E-state index contributed by atoms with van der Waals surface area (Å²) in [7, 11) is 0. The standard InChI is InChI=1S/C11H15F3N2S2/c1-2-17-6-9-16-10(11(12,13)14)8(18-9)5-15-7-3-4-7/h7,15H,2-6H2,1H3. The second-order valence-corrected chi connectivity index (χ2v) is 6.61. The van der Waals surface area contributed by atoms with Gasteiger partial charge < -0.3 is 5.32 Å². The van der Waals surface area contributed by atoms with Crippen molar-refractivity contribution < 1.29 is 13.2 Å². The van der Waals surface area contributed by atoms with Gasteiger partial charge in [0.2, 0.25) is 0 Å². The van der Waals surface area contributed by atoms with Crippen LogP contribution in [0.3, 0.4) is 0 Å². The zero-order valence-corrected chi connectivity index (χ0v) is 11.6. The largest absolute Gasteiger partial charge is 0.434 e. The van der Waals surface area contributed by atoms with Gasteiger partial charge in [0.1, 0.15) is 5.01 Å². The SMILES string of the molecule is CCSCc1nc(C(F)(F)F)c(CNC2CC2)s1. The highest BCUT2D eigenvalue weighted by Crippen LogP contribution is 2.35. The number of rotatable bonds is 6. The van der Waals surface area contributed by atoms with Gasteiger partial charge in [-0.15, -0.1) is 11.3 Å². The van der Waals surface area contributed by atoms with Gasteiger partial charge in [-0.05, 0) is 18.6 Å². The van der Waals surface area contributed by atoms with E-state index in [1.165, 1.54) is 11.3 Å². The Morgan fingerprint density at radius 3 is 2.72 bits per heavy atom. The molecule has 2 rings (SSSR count). The molecule has 18 heavy (non-hydrogen) atoms. The van der Waals surface area contributed by atoms with E-state index in [9.17, 15) is 13.2 Å². The van der Waals surface area contributed by atoms with Crippen LogP contribution in [0.2, 0.25) is 0 Å². The molecule has 0 unspecified atom stereocenters. The Morgan fingerprint density at radius 2 is 2.17 bits per heavy atom. The predicted octanol–water partition coefficient (Wildman–Crippen LogP) is 3.67. The van der Waals surface area contributed by atoms with E-state index in [0.29, 0.717) is 21.7 Å². The van der Waals surface area contributed by atoms with Crippen molar-refractivity contribution >= 4 is 23.1 Å². The Hall–Kier alpha value is -0.270. The van der Waals surface area contributed by atoms with Crippen molar-refractivity contribution in [2.75, 3.05) is 5.75 Å². The normalized spacial score (nSPS) is 16.2. The minimum atomic E-state index is -4.34. The molecule has 102 valence electrons. The van der Waals surface area contributed by atoms with Gasteiger partial charge in [-0.1, -0.05) is 6.92 Å². The van der Waals surface area contributed by atoms with Gasteiger partial charge in [0, 0.05) is 18.3 Å². The lowest BCUT2D eigenvalue weighted by molar-refractivity contribution is -0.141. The van der Waals surface area contributed by atoms with Gasteiger partial charge in [0.25, 0.3) is 0 Å². The van der Waals surface area contributed by atoms with Gasteiger partial charge in [0.05, 0.1) is 4.88 Å². The first-order valence-corrected chi connectivity index (χ1v) is 7.84. The number of nitrogens with one attached hydrogen (secondary N) is 1. The molecule has 1 N–H and O–H groups in total. The van der Waals surface area contributed by atoms with Gasteiger partial charge in [-0.3, -0.25) is 0 Å². The molecule has 1 aromatic heterocycles. The summed E-state index contributed by atoms with van der Waals surface area (Å²) in [5, 5.41) is 3.69. The zero-order chi connectivity index (χ0) is 13.2. The van der Waals surface area contributed by atoms with Gasteiger partial charge in [-0.25, -0.2) is 4.98 Å². The molecule has 0 radical (unpaired) electrons. The average Bonchev–Trinajstić information content (AvgIpc) is 3.02. The van der Waals surface area contributed by atoms with E-state index in [1.54, 1.807) is 11.8 Å². The highest BCUT2D eigenvalue weighted by Gasteiger charge is 2.37. The zero-order valence-electron chi connectivity index (χ0n) is 10.0. The van der Waals surface area contributed by atoms with Crippen LogP contribution in [0.1, 0.15) is 35.3 Å². The lowest BCUT2D eigenvalue weighted by atomic mass is 10.3. The Balaban J connectivity index is 2.09. The molecule has 1 aliphatic rings. The molecule has 1 heterocycles. The summed E-state index contributed by atoms with van der Waals surface area (Å²) >= 11 is 2.77. The van der Waals surface area contributed by atoms with E-state index in [4.69, 9.17) is 0 Å². The van der Waals surface area contributed by atoms with E-state index in [2.05, 4.69) is 10.3 Å². The van der Waals surface area contributed by atoms with Crippen LogP contribution < -0.4 is 5.32 Å². The third-order valence-electron chi connectivity index (χ3n) is 2.57. The number of thiazole rings is 1. The van der Waals surface area contributed by atoms with Crippen LogP contribution in [-0.2, 0) is 18.5 Å². The van der Waals surface area contributed by atoms with Crippen molar-refractivity contribution in [2.45, 2.75) is 44.3 Å². The molecular formula is C11H15F3N2S2. The molecule has 0 amide bonds. The molecule has 7 heteroatoms. The van der Waals surface area contributed by atoms with E-state index in [0.717, 1.165) is 18.6 Å². The second kappa shape index (κ2) is 5.79. The van der Waals surface area contributed by atoms with E-state index < -0.39 is 11.9 Å². The molecule has 0 aromatic carbocycles. The van der Waals surface area contributed by atoms with E-state index in [1.807, 2.05) is 6.92 Å². The number of hydrogen-bond donors (Lipinski definition) is 1. The minimum absolute atomic E-state index is 0.286. The third-order valence-corrected chi connectivity index (χ3v) is 4.69. The second-order valence-electron chi connectivity index (χ2n) is 4.17. The first-order valence-electron chi connectivity index (χ1n) is 5.87. The molecule has 1 saturated carbocycles. The van der Waals surface area contributed by atoms with Crippen molar-refractivity contribution in [2.24, 2.45) is 0 Å².